The van der Waals surface area contributed by atoms with Crippen LogP contribution in [0.5, 0.6) is 0 Å². The van der Waals surface area contributed by atoms with E-state index in [1.165, 1.54) is 12.5 Å². The highest BCUT2D eigenvalue weighted by Gasteiger charge is 2.64. The fraction of sp³-hybridized carbons (Fsp3) is 0.611. The lowest BCUT2D eigenvalue weighted by molar-refractivity contribution is -0.129. The summed E-state index contributed by atoms with van der Waals surface area (Å²) in [5.41, 5.74) is 1.01. The number of fused-ring (bicyclic) bond motifs is 2. The first kappa shape index (κ1) is 17.1. The van der Waals surface area contributed by atoms with E-state index in [0.717, 1.165) is 24.8 Å². The Morgan fingerprint density at radius 2 is 2.22 bits per heavy atom. The molecule has 1 unspecified atom stereocenters. The SMILES string of the molecule is CS(=O)(=NC(=O)[C@@]12COC[C@@H]1C2)c1cnn2c1CN(C(=O)C1=CCC1)CC2. The molecule has 5 rings (SSSR count). The summed E-state index contributed by atoms with van der Waals surface area (Å²) in [6.45, 7) is 2.43. The minimum atomic E-state index is -2.93. The number of aromatic nitrogens is 2. The topological polar surface area (TPSA) is 93.9 Å². The van der Waals surface area contributed by atoms with Crippen LogP contribution in [-0.2, 0) is 37.1 Å². The van der Waals surface area contributed by atoms with Gasteiger partial charge in [0.05, 0.1) is 58.2 Å². The second-order valence-electron chi connectivity index (χ2n) is 7.94. The van der Waals surface area contributed by atoms with Gasteiger partial charge in [-0.25, -0.2) is 4.21 Å². The molecule has 0 radical (unpaired) electrons. The number of rotatable bonds is 3. The normalized spacial score (nSPS) is 30.5. The van der Waals surface area contributed by atoms with Crippen molar-refractivity contribution in [2.45, 2.75) is 37.2 Å². The molecule has 2 fully saturated rings. The molecule has 27 heavy (non-hydrogen) atoms. The molecular weight excluding hydrogens is 368 g/mol. The van der Waals surface area contributed by atoms with E-state index in [-0.39, 0.29) is 17.7 Å². The van der Waals surface area contributed by atoms with Gasteiger partial charge in [-0.05, 0) is 19.3 Å². The summed E-state index contributed by atoms with van der Waals surface area (Å²) in [5.74, 6) is -0.0622. The van der Waals surface area contributed by atoms with Gasteiger partial charge < -0.3 is 9.64 Å². The van der Waals surface area contributed by atoms with E-state index < -0.39 is 15.1 Å². The Balaban J connectivity index is 1.44. The molecule has 1 saturated heterocycles. The summed E-state index contributed by atoms with van der Waals surface area (Å²) in [5, 5.41) is 4.32. The maximum absolute atomic E-state index is 13.3. The van der Waals surface area contributed by atoms with Crippen LogP contribution in [0.2, 0.25) is 0 Å². The summed E-state index contributed by atoms with van der Waals surface area (Å²) in [6.07, 6.45) is 7.53. The number of amides is 2. The van der Waals surface area contributed by atoms with Crippen LogP contribution in [-0.4, -0.2) is 56.7 Å². The smallest absolute Gasteiger partial charge is 0.262 e. The standard InChI is InChI=1S/C18H22N4O4S/c1-27(25,20-17(24)18-7-13(18)10-26-11-18)15-8-19-22-6-5-21(9-14(15)22)16(23)12-3-2-4-12/h3,8,13H,2,4-7,9-11H2,1H3/t13-,18-,27?/m0/s1. The number of carbonyl (C=O) groups excluding carboxylic acids is 2. The highest BCUT2D eigenvalue weighted by molar-refractivity contribution is 7.93. The predicted molar refractivity (Wildman–Crippen MR) is 96.1 cm³/mol. The van der Waals surface area contributed by atoms with Crippen molar-refractivity contribution in [1.82, 2.24) is 14.7 Å². The second kappa shape index (κ2) is 5.75. The molecule has 2 aliphatic heterocycles. The van der Waals surface area contributed by atoms with Crippen LogP contribution in [0, 0.1) is 11.3 Å². The molecule has 0 aromatic carbocycles. The van der Waals surface area contributed by atoms with Crippen molar-refractivity contribution in [2.24, 2.45) is 15.7 Å². The Morgan fingerprint density at radius 3 is 2.85 bits per heavy atom. The van der Waals surface area contributed by atoms with Gasteiger partial charge in [0.1, 0.15) is 0 Å². The summed E-state index contributed by atoms with van der Waals surface area (Å²) >= 11 is 0. The molecule has 0 N–H and O–H groups in total. The fourth-order valence-corrected chi connectivity index (χ4v) is 5.62. The molecule has 2 amide bonds. The summed E-state index contributed by atoms with van der Waals surface area (Å²) in [4.78, 5) is 27.4. The Bertz CT molecular complexity index is 1000. The number of allylic oxidation sites excluding steroid dienone is 1. The van der Waals surface area contributed by atoms with Crippen molar-refractivity contribution >= 4 is 21.5 Å². The lowest BCUT2D eigenvalue weighted by Gasteiger charge is -2.30. The van der Waals surface area contributed by atoms with E-state index in [9.17, 15) is 13.8 Å². The average molecular weight is 390 g/mol. The van der Waals surface area contributed by atoms with E-state index >= 15 is 0 Å². The van der Waals surface area contributed by atoms with Crippen molar-refractivity contribution in [3.63, 3.8) is 0 Å². The number of carbonyl (C=O) groups is 2. The van der Waals surface area contributed by atoms with Gasteiger partial charge in [-0.15, -0.1) is 0 Å². The molecule has 8 nitrogen and oxygen atoms in total. The first-order valence-corrected chi connectivity index (χ1v) is 11.2. The maximum atomic E-state index is 13.3. The van der Waals surface area contributed by atoms with Crippen LogP contribution in [0.4, 0.5) is 0 Å². The van der Waals surface area contributed by atoms with Gasteiger partial charge in [0.2, 0.25) is 5.91 Å². The monoisotopic (exact) mass is 390 g/mol. The summed E-state index contributed by atoms with van der Waals surface area (Å²) < 4.78 is 24.6. The first-order valence-electron chi connectivity index (χ1n) is 9.28. The molecule has 9 heteroatoms. The molecule has 1 saturated carbocycles. The van der Waals surface area contributed by atoms with Gasteiger partial charge in [0.15, 0.2) is 0 Å². The predicted octanol–water partition coefficient (Wildman–Crippen LogP) is 0.965. The number of nitrogens with zero attached hydrogens (tertiary/aromatic N) is 4. The van der Waals surface area contributed by atoms with Crippen molar-refractivity contribution in [3.8, 4) is 0 Å². The van der Waals surface area contributed by atoms with E-state index in [1.54, 1.807) is 9.58 Å². The molecule has 144 valence electrons. The molecule has 2 aliphatic carbocycles. The van der Waals surface area contributed by atoms with Crippen LogP contribution in [0.1, 0.15) is 25.0 Å². The quantitative estimate of drug-likeness (QED) is 0.766. The number of hydrogen-bond acceptors (Lipinski definition) is 5. The third-order valence-electron chi connectivity index (χ3n) is 6.20. The Hall–Kier alpha value is -2.00. The first-order chi connectivity index (χ1) is 12.9. The minimum absolute atomic E-state index is 0.0399. The van der Waals surface area contributed by atoms with Gasteiger partial charge in [-0.1, -0.05) is 6.08 Å². The lowest BCUT2D eigenvalue weighted by Crippen LogP contribution is -2.40. The third kappa shape index (κ3) is 2.59. The van der Waals surface area contributed by atoms with E-state index in [2.05, 4.69) is 9.46 Å². The highest BCUT2D eigenvalue weighted by Crippen LogP contribution is 2.57. The van der Waals surface area contributed by atoms with Crippen LogP contribution in [0.25, 0.3) is 0 Å². The van der Waals surface area contributed by atoms with E-state index in [0.29, 0.717) is 43.4 Å². The molecule has 0 bridgehead atoms. The average Bonchev–Trinajstić information content (AvgIpc) is 2.95. The van der Waals surface area contributed by atoms with Crippen molar-refractivity contribution in [1.29, 1.82) is 0 Å². The third-order valence-corrected chi connectivity index (χ3v) is 7.87. The van der Waals surface area contributed by atoms with E-state index in [1.807, 2.05) is 6.08 Å². The summed E-state index contributed by atoms with van der Waals surface area (Å²) in [6, 6.07) is 0. The molecule has 0 spiro atoms. The van der Waals surface area contributed by atoms with Crippen LogP contribution >= 0.6 is 0 Å². The lowest BCUT2D eigenvalue weighted by atomic mass is 9.97. The largest absolute Gasteiger partial charge is 0.380 e. The zero-order valence-electron chi connectivity index (χ0n) is 15.2. The van der Waals surface area contributed by atoms with Crippen molar-refractivity contribution < 1.29 is 18.5 Å². The van der Waals surface area contributed by atoms with Gasteiger partial charge >= 0.3 is 0 Å². The molecule has 1 aromatic heterocycles. The minimum Gasteiger partial charge on any atom is -0.380 e. The second-order valence-corrected chi connectivity index (χ2v) is 10.2. The maximum Gasteiger partial charge on any atom is 0.262 e. The van der Waals surface area contributed by atoms with Crippen LogP contribution < -0.4 is 0 Å². The molecule has 4 aliphatic rings. The van der Waals surface area contributed by atoms with Crippen molar-refractivity contribution in [2.75, 3.05) is 26.0 Å². The van der Waals surface area contributed by atoms with Gasteiger partial charge in [-0.2, -0.15) is 9.46 Å². The fourth-order valence-electron chi connectivity index (χ4n) is 4.18. The Kier molecular flexibility index (Phi) is 3.64. The molecule has 1 aromatic rings. The van der Waals surface area contributed by atoms with Gasteiger partial charge in [0, 0.05) is 24.3 Å². The number of hydrogen-bond donors (Lipinski definition) is 0. The van der Waals surface area contributed by atoms with Crippen molar-refractivity contribution in [3.05, 3.63) is 23.5 Å². The van der Waals surface area contributed by atoms with Gasteiger partial charge in [-0.3, -0.25) is 14.3 Å². The number of ether oxygens (including phenoxy) is 1. The zero-order valence-corrected chi connectivity index (χ0v) is 16.0. The Morgan fingerprint density at radius 1 is 1.41 bits per heavy atom. The van der Waals surface area contributed by atoms with Crippen LogP contribution in [0.15, 0.2) is 27.1 Å². The van der Waals surface area contributed by atoms with Crippen LogP contribution in [0.3, 0.4) is 0 Å². The molecular formula is C18H22N4O4S. The highest BCUT2D eigenvalue weighted by atomic mass is 32.2. The van der Waals surface area contributed by atoms with Gasteiger partial charge in [0.25, 0.3) is 5.91 Å². The molecule has 3 heterocycles. The van der Waals surface area contributed by atoms with E-state index in [4.69, 9.17) is 4.74 Å². The Labute approximate surface area is 157 Å². The summed E-state index contributed by atoms with van der Waals surface area (Å²) in [7, 11) is -2.93. The molecule has 3 atom stereocenters. The zero-order chi connectivity index (χ0) is 18.8.